The zero-order chi connectivity index (χ0) is 24.4. The second kappa shape index (κ2) is 9.99. The molecule has 1 fully saturated rings. The van der Waals surface area contributed by atoms with Gasteiger partial charge in [0.2, 0.25) is 0 Å². The lowest BCUT2D eigenvalue weighted by Gasteiger charge is -2.26. The third-order valence-corrected chi connectivity index (χ3v) is 6.31. The number of amides is 1. The van der Waals surface area contributed by atoms with E-state index < -0.39 is 30.5 Å². The maximum absolute atomic E-state index is 14.6. The van der Waals surface area contributed by atoms with E-state index >= 15 is 0 Å². The van der Waals surface area contributed by atoms with E-state index in [1.54, 1.807) is 42.6 Å². The van der Waals surface area contributed by atoms with Crippen LogP contribution >= 0.6 is 23.2 Å². The van der Waals surface area contributed by atoms with Gasteiger partial charge in [0.05, 0.1) is 19.0 Å². The van der Waals surface area contributed by atoms with Crippen LogP contribution in [-0.4, -0.2) is 40.9 Å². The third kappa shape index (κ3) is 5.00. The number of hydrogen-bond acceptors (Lipinski definition) is 4. The first-order valence-corrected chi connectivity index (χ1v) is 11.4. The Morgan fingerprint density at radius 1 is 1.15 bits per heavy atom. The topological polar surface area (TPSA) is 82.0 Å². The third-order valence-electron chi connectivity index (χ3n) is 5.81. The Kier molecular flexibility index (Phi) is 7.05. The highest BCUT2D eigenvalue weighted by molar-refractivity contribution is 6.30. The van der Waals surface area contributed by atoms with E-state index in [-0.39, 0.29) is 0 Å². The van der Waals surface area contributed by atoms with E-state index in [1.807, 2.05) is 19.1 Å². The molecule has 1 amide bonds. The van der Waals surface area contributed by atoms with Gasteiger partial charge in [0.1, 0.15) is 0 Å². The van der Waals surface area contributed by atoms with E-state index in [0.717, 1.165) is 33.5 Å². The first-order valence-electron chi connectivity index (χ1n) is 10.6. The van der Waals surface area contributed by atoms with Gasteiger partial charge in [-0.15, -0.1) is 0 Å². The summed E-state index contributed by atoms with van der Waals surface area (Å²) in [5.41, 5.74) is 8.27. The van der Waals surface area contributed by atoms with Crippen LogP contribution in [0.2, 0.25) is 10.0 Å². The second-order valence-corrected chi connectivity index (χ2v) is 9.02. The minimum Gasteiger partial charge on any atom is -0.481 e. The standard InChI is InChI=1S/C25H22Cl2FN3O3/c1-14-12-29-13-19(24(14)16-4-8-18(27)9-5-16)21-11-22(15-2-6-17(26)7-3-15)31(30-21)25(34)20(28)10-23(32)33/h2-9,12,20,22,30H,10-11,13H2,1H3,(H,32,33). The van der Waals surface area contributed by atoms with Gasteiger partial charge in [0.25, 0.3) is 5.91 Å². The lowest BCUT2D eigenvalue weighted by molar-refractivity contribution is -0.147. The summed E-state index contributed by atoms with van der Waals surface area (Å²) in [6.07, 6.45) is -0.910. The summed E-state index contributed by atoms with van der Waals surface area (Å²) in [6, 6.07) is 13.8. The number of benzene rings is 2. The Bertz CT molecular complexity index is 1210. The van der Waals surface area contributed by atoms with E-state index in [4.69, 9.17) is 28.3 Å². The smallest absolute Gasteiger partial charge is 0.306 e. The van der Waals surface area contributed by atoms with Crippen molar-refractivity contribution in [3.05, 3.63) is 86.5 Å². The molecule has 2 unspecified atom stereocenters. The van der Waals surface area contributed by atoms with Crippen LogP contribution in [0.25, 0.3) is 5.57 Å². The summed E-state index contributed by atoms with van der Waals surface area (Å²) < 4.78 is 14.6. The molecule has 2 aromatic rings. The Balaban J connectivity index is 1.76. The molecule has 0 aromatic heterocycles. The molecule has 34 heavy (non-hydrogen) atoms. The normalized spacial score (nSPS) is 20.9. The summed E-state index contributed by atoms with van der Waals surface area (Å²) in [4.78, 5) is 28.4. The Morgan fingerprint density at radius 2 is 1.76 bits per heavy atom. The molecule has 2 aliphatic heterocycles. The summed E-state index contributed by atoms with van der Waals surface area (Å²) in [6.45, 7) is 2.33. The minimum atomic E-state index is -2.18. The number of aliphatic imine (C=N–C) groups is 1. The molecule has 2 aromatic carbocycles. The fourth-order valence-corrected chi connectivity index (χ4v) is 4.47. The molecule has 0 spiro atoms. The Hall–Kier alpha value is -3.16. The maximum Gasteiger partial charge on any atom is 0.306 e. The quantitative estimate of drug-likeness (QED) is 0.574. The number of carbonyl (C=O) groups excluding carboxylic acids is 1. The molecule has 176 valence electrons. The van der Waals surface area contributed by atoms with E-state index in [1.165, 1.54) is 5.01 Å². The number of carbonyl (C=O) groups is 2. The molecule has 4 rings (SSSR count). The van der Waals surface area contributed by atoms with Gasteiger partial charge in [0.15, 0.2) is 6.17 Å². The van der Waals surface area contributed by atoms with Gasteiger partial charge in [-0.25, -0.2) is 9.40 Å². The van der Waals surface area contributed by atoms with Crippen molar-refractivity contribution < 1.29 is 19.1 Å². The van der Waals surface area contributed by atoms with Gasteiger partial charge in [-0.3, -0.25) is 20.0 Å². The molecule has 6 nitrogen and oxygen atoms in total. The monoisotopic (exact) mass is 501 g/mol. The van der Waals surface area contributed by atoms with Crippen LogP contribution in [0.5, 0.6) is 0 Å². The molecule has 2 aliphatic rings. The summed E-state index contributed by atoms with van der Waals surface area (Å²) >= 11 is 12.1. The van der Waals surface area contributed by atoms with Crippen molar-refractivity contribution in [2.24, 2.45) is 4.99 Å². The van der Waals surface area contributed by atoms with Crippen LogP contribution in [-0.2, 0) is 9.59 Å². The van der Waals surface area contributed by atoms with Gasteiger partial charge in [-0.1, -0.05) is 47.5 Å². The van der Waals surface area contributed by atoms with Gasteiger partial charge < -0.3 is 5.11 Å². The Morgan fingerprint density at radius 3 is 2.38 bits per heavy atom. The highest BCUT2D eigenvalue weighted by Gasteiger charge is 2.39. The lowest BCUT2D eigenvalue weighted by atomic mass is 9.89. The van der Waals surface area contributed by atoms with Crippen molar-refractivity contribution in [3.8, 4) is 0 Å². The van der Waals surface area contributed by atoms with Crippen LogP contribution in [0.4, 0.5) is 4.39 Å². The number of allylic oxidation sites excluding steroid dienone is 1. The summed E-state index contributed by atoms with van der Waals surface area (Å²) in [5.74, 6) is -2.32. The van der Waals surface area contributed by atoms with Crippen LogP contribution in [0, 0.1) is 0 Å². The molecular formula is C25H22Cl2FN3O3. The second-order valence-electron chi connectivity index (χ2n) is 8.15. The number of halogens is 3. The average molecular weight is 502 g/mol. The van der Waals surface area contributed by atoms with E-state index in [0.29, 0.717) is 23.0 Å². The van der Waals surface area contributed by atoms with Crippen LogP contribution in [0.15, 0.2) is 70.4 Å². The van der Waals surface area contributed by atoms with Gasteiger partial charge >= 0.3 is 5.97 Å². The molecule has 0 saturated carbocycles. The SMILES string of the molecule is CC1=C(c2ccc(Cl)cc2)C(=C2CC(c3ccc(Cl)cc3)N(C(=O)C(F)CC(=O)O)N2)CN=C1. The molecular weight excluding hydrogens is 480 g/mol. The molecule has 2 atom stereocenters. The molecule has 0 radical (unpaired) electrons. The van der Waals surface area contributed by atoms with Gasteiger partial charge in [-0.05, 0) is 53.5 Å². The summed E-state index contributed by atoms with van der Waals surface area (Å²) in [5, 5.41) is 11.3. The number of nitrogens with one attached hydrogen (secondary N) is 1. The Labute approximate surface area is 206 Å². The molecule has 0 bridgehead atoms. The van der Waals surface area contributed by atoms with Crippen molar-refractivity contribution in [2.75, 3.05) is 6.54 Å². The molecule has 2 heterocycles. The van der Waals surface area contributed by atoms with Crippen molar-refractivity contribution >= 4 is 46.9 Å². The number of hydrazine groups is 1. The maximum atomic E-state index is 14.6. The predicted molar refractivity (Wildman–Crippen MR) is 130 cm³/mol. The van der Waals surface area contributed by atoms with Crippen molar-refractivity contribution in [3.63, 3.8) is 0 Å². The van der Waals surface area contributed by atoms with Gasteiger partial charge in [-0.2, -0.15) is 0 Å². The number of hydrogen-bond donors (Lipinski definition) is 2. The fraction of sp³-hybridized carbons (Fsp3) is 0.240. The average Bonchev–Trinajstić information content (AvgIpc) is 3.24. The number of nitrogens with zero attached hydrogens (tertiary/aromatic N) is 2. The first kappa shape index (κ1) is 24.0. The van der Waals surface area contributed by atoms with Crippen LogP contribution < -0.4 is 5.43 Å². The zero-order valence-electron chi connectivity index (χ0n) is 18.3. The van der Waals surface area contributed by atoms with Crippen molar-refractivity contribution in [1.29, 1.82) is 0 Å². The summed E-state index contributed by atoms with van der Waals surface area (Å²) in [7, 11) is 0. The largest absolute Gasteiger partial charge is 0.481 e. The number of rotatable bonds is 5. The molecule has 1 saturated heterocycles. The predicted octanol–water partition coefficient (Wildman–Crippen LogP) is 5.40. The number of aliphatic carboxylic acids is 1. The zero-order valence-corrected chi connectivity index (χ0v) is 19.8. The van der Waals surface area contributed by atoms with E-state index in [2.05, 4.69) is 10.4 Å². The molecule has 2 N–H and O–H groups in total. The molecule has 9 heteroatoms. The minimum absolute atomic E-state index is 0.376. The van der Waals surface area contributed by atoms with Crippen molar-refractivity contribution in [2.45, 2.75) is 32.0 Å². The van der Waals surface area contributed by atoms with Crippen LogP contribution in [0.1, 0.15) is 36.9 Å². The lowest BCUT2D eigenvalue weighted by Crippen LogP contribution is -2.43. The van der Waals surface area contributed by atoms with Crippen LogP contribution in [0.3, 0.4) is 0 Å². The molecule has 0 aliphatic carbocycles. The highest BCUT2D eigenvalue weighted by Crippen LogP contribution is 2.39. The number of dihydropyridines is 1. The fourth-order valence-electron chi connectivity index (χ4n) is 4.22. The van der Waals surface area contributed by atoms with Gasteiger partial charge in [0, 0.05) is 34.0 Å². The highest BCUT2D eigenvalue weighted by atomic mass is 35.5. The number of carboxylic acids is 1. The number of alkyl halides is 1. The van der Waals surface area contributed by atoms with E-state index in [9.17, 15) is 14.0 Å². The van der Waals surface area contributed by atoms with Crippen molar-refractivity contribution in [1.82, 2.24) is 10.4 Å². The first-order chi connectivity index (χ1) is 16.2. The number of carboxylic acid groups (broad SMARTS) is 1.